The topological polar surface area (TPSA) is 105 Å². The maximum atomic E-state index is 8.95. The molecule has 1 aliphatic carbocycles. The lowest BCUT2D eigenvalue weighted by Gasteiger charge is -2.19. The number of anilines is 3. The van der Waals surface area contributed by atoms with Crippen LogP contribution in [0.15, 0.2) is 54.7 Å². The number of rotatable bonds is 8. The van der Waals surface area contributed by atoms with Crippen LogP contribution in [0.25, 0.3) is 10.9 Å². The highest BCUT2D eigenvalue weighted by molar-refractivity contribution is 5.92. The predicted octanol–water partition coefficient (Wildman–Crippen LogP) is 5.71. The van der Waals surface area contributed by atoms with Gasteiger partial charge in [-0.3, -0.25) is 0 Å². The third-order valence-electron chi connectivity index (χ3n) is 6.07. The van der Waals surface area contributed by atoms with Crippen molar-refractivity contribution in [2.45, 2.75) is 31.7 Å². The van der Waals surface area contributed by atoms with Crippen molar-refractivity contribution in [2.75, 3.05) is 24.9 Å². The summed E-state index contributed by atoms with van der Waals surface area (Å²) in [5.74, 6) is 3.34. The van der Waals surface area contributed by atoms with Gasteiger partial charge >= 0.3 is 0 Å². The lowest BCUT2D eigenvalue weighted by molar-refractivity contribution is 0.356. The molecule has 1 atom stereocenters. The van der Waals surface area contributed by atoms with Crippen LogP contribution in [-0.4, -0.2) is 29.2 Å². The first kappa shape index (κ1) is 22.4. The van der Waals surface area contributed by atoms with Crippen molar-refractivity contribution in [3.05, 3.63) is 71.8 Å². The fourth-order valence-corrected chi connectivity index (χ4v) is 3.98. The molecule has 176 valence electrons. The fraction of sp³-hybridized carbons (Fsp3) is 0.259. The van der Waals surface area contributed by atoms with E-state index in [2.05, 4.69) is 34.7 Å². The molecule has 0 spiro atoms. The minimum Gasteiger partial charge on any atom is -0.493 e. The number of nitrogens with zero attached hydrogens (tertiary/aromatic N) is 4. The number of hydrogen-bond acceptors (Lipinski definition) is 8. The second-order valence-corrected chi connectivity index (χ2v) is 8.59. The molecule has 2 N–H and O–H groups in total. The molecule has 1 unspecified atom stereocenters. The van der Waals surface area contributed by atoms with Crippen LogP contribution in [0, 0.1) is 11.3 Å². The van der Waals surface area contributed by atoms with E-state index in [-0.39, 0.29) is 6.04 Å². The molecule has 2 aromatic heterocycles. The zero-order valence-electron chi connectivity index (χ0n) is 19.9. The van der Waals surface area contributed by atoms with Crippen LogP contribution in [0.3, 0.4) is 0 Å². The maximum Gasteiger partial charge on any atom is 0.162 e. The normalized spacial score (nSPS) is 13.7. The zero-order valence-corrected chi connectivity index (χ0v) is 19.9. The number of fused-ring (bicyclic) bond motifs is 1. The van der Waals surface area contributed by atoms with Gasteiger partial charge in [0.1, 0.15) is 23.4 Å². The third kappa shape index (κ3) is 4.80. The lowest BCUT2D eigenvalue weighted by Crippen LogP contribution is -2.10. The molecule has 35 heavy (non-hydrogen) atoms. The number of aromatic nitrogens is 3. The van der Waals surface area contributed by atoms with E-state index in [1.54, 1.807) is 26.5 Å². The Labute approximate surface area is 204 Å². The minimum atomic E-state index is -0.0194. The molecule has 0 aliphatic heterocycles. The van der Waals surface area contributed by atoms with Gasteiger partial charge in [-0.1, -0.05) is 12.1 Å². The molecule has 4 aromatic rings. The highest BCUT2D eigenvalue weighted by atomic mass is 16.5. The van der Waals surface area contributed by atoms with E-state index in [0.717, 1.165) is 52.3 Å². The van der Waals surface area contributed by atoms with Gasteiger partial charge in [-0.05, 0) is 55.7 Å². The smallest absolute Gasteiger partial charge is 0.162 e. The molecule has 2 aromatic carbocycles. The summed E-state index contributed by atoms with van der Waals surface area (Å²) >= 11 is 0. The van der Waals surface area contributed by atoms with Crippen molar-refractivity contribution in [1.82, 2.24) is 15.0 Å². The Morgan fingerprint density at radius 3 is 2.49 bits per heavy atom. The van der Waals surface area contributed by atoms with Gasteiger partial charge in [0.25, 0.3) is 0 Å². The van der Waals surface area contributed by atoms with Crippen molar-refractivity contribution >= 4 is 28.1 Å². The summed E-state index contributed by atoms with van der Waals surface area (Å²) in [6, 6.07) is 17.6. The Hall–Kier alpha value is -4.38. The Bertz CT molecular complexity index is 1410. The van der Waals surface area contributed by atoms with E-state index >= 15 is 0 Å². The summed E-state index contributed by atoms with van der Waals surface area (Å²) in [5, 5.41) is 16.8. The summed E-state index contributed by atoms with van der Waals surface area (Å²) in [6.45, 7) is 2.11. The predicted molar refractivity (Wildman–Crippen MR) is 135 cm³/mol. The number of hydrogen-bond donors (Lipinski definition) is 2. The molecule has 0 bridgehead atoms. The van der Waals surface area contributed by atoms with Gasteiger partial charge in [0.15, 0.2) is 11.5 Å². The standard InChI is InChI=1S/C27H26N6O2/c1-16(18-5-4-6-19(11-18)31-21-10-9-20(14-28)29-15-21)30-27-22-12-24(34-2)25(35-3)13-23(22)32-26(33-27)17-7-8-17/h4-6,9-13,15-17,31H,7-8H2,1-3H3,(H,30,32,33). The number of pyridine rings is 1. The highest BCUT2D eigenvalue weighted by Gasteiger charge is 2.28. The molecule has 8 nitrogen and oxygen atoms in total. The van der Waals surface area contributed by atoms with Crippen LogP contribution in [0.2, 0.25) is 0 Å². The van der Waals surface area contributed by atoms with Crippen molar-refractivity contribution in [1.29, 1.82) is 5.26 Å². The quantitative estimate of drug-likeness (QED) is 0.340. The van der Waals surface area contributed by atoms with E-state index in [0.29, 0.717) is 23.1 Å². The van der Waals surface area contributed by atoms with Gasteiger partial charge in [0, 0.05) is 23.1 Å². The fourth-order valence-electron chi connectivity index (χ4n) is 3.98. The molecule has 1 saturated carbocycles. The number of benzene rings is 2. The minimum absolute atomic E-state index is 0.0194. The van der Waals surface area contributed by atoms with Gasteiger partial charge in [-0.15, -0.1) is 0 Å². The van der Waals surface area contributed by atoms with Crippen molar-refractivity contribution in [3.63, 3.8) is 0 Å². The van der Waals surface area contributed by atoms with Crippen molar-refractivity contribution in [3.8, 4) is 17.6 Å². The Kier molecular flexibility index (Phi) is 6.06. The Morgan fingerprint density at radius 2 is 1.80 bits per heavy atom. The molecule has 8 heteroatoms. The summed E-state index contributed by atoms with van der Waals surface area (Å²) < 4.78 is 11.0. The van der Waals surface area contributed by atoms with E-state index in [9.17, 15) is 0 Å². The SMILES string of the molecule is COc1cc2nc(C3CC3)nc(NC(C)c3cccc(Nc4ccc(C#N)nc4)c3)c2cc1OC. The zero-order chi connectivity index (χ0) is 24.4. The average molecular weight is 467 g/mol. The monoisotopic (exact) mass is 466 g/mol. The van der Waals surface area contributed by atoms with Crippen LogP contribution in [0.1, 0.15) is 48.8 Å². The third-order valence-corrected chi connectivity index (χ3v) is 6.07. The van der Waals surface area contributed by atoms with Crippen molar-refractivity contribution < 1.29 is 9.47 Å². The van der Waals surface area contributed by atoms with Gasteiger partial charge in [-0.2, -0.15) is 5.26 Å². The summed E-state index contributed by atoms with van der Waals surface area (Å²) in [7, 11) is 3.25. The molecule has 1 fully saturated rings. The van der Waals surface area contributed by atoms with Crippen LogP contribution in [0.4, 0.5) is 17.2 Å². The Morgan fingerprint density at radius 1 is 1.00 bits per heavy atom. The summed E-state index contributed by atoms with van der Waals surface area (Å²) in [4.78, 5) is 13.8. The lowest BCUT2D eigenvalue weighted by atomic mass is 10.1. The highest BCUT2D eigenvalue weighted by Crippen LogP contribution is 2.41. The van der Waals surface area contributed by atoms with Crippen LogP contribution < -0.4 is 20.1 Å². The molecule has 0 saturated heterocycles. The van der Waals surface area contributed by atoms with E-state index in [1.165, 1.54) is 0 Å². The van der Waals surface area contributed by atoms with E-state index in [1.807, 2.05) is 36.4 Å². The molecule has 2 heterocycles. The number of ether oxygens (including phenoxy) is 2. The molecule has 0 amide bonds. The number of nitrogens with one attached hydrogen (secondary N) is 2. The second kappa shape index (κ2) is 9.47. The molecule has 5 rings (SSSR count). The first-order valence-corrected chi connectivity index (χ1v) is 11.5. The largest absolute Gasteiger partial charge is 0.493 e. The first-order chi connectivity index (χ1) is 17.1. The van der Waals surface area contributed by atoms with Crippen LogP contribution in [0.5, 0.6) is 11.5 Å². The molecular formula is C27H26N6O2. The van der Waals surface area contributed by atoms with E-state index < -0.39 is 0 Å². The number of methoxy groups -OCH3 is 2. The molecule has 0 radical (unpaired) electrons. The van der Waals surface area contributed by atoms with Crippen molar-refractivity contribution in [2.24, 2.45) is 0 Å². The van der Waals surface area contributed by atoms with Crippen LogP contribution in [-0.2, 0) is 0 Å². The van der Waals surface area contributed by atoms with Crippen LogP contribution >= 0.6 is 0 Å². The summed E-state index contributed by atoms with van der Waals surface area (Å²) in [6.07, 6.45) is 3.89. The number of nitriles is 1. The average Bonchev–Trinajstić information content (AvgIpc) is 3.74. The molecular weight excluding hydrogens is 440 g/mol. The maximum absolute atomic E-state index is 8.95. The van der Waals surface area contributed by atoms with Gasteiger partial charge < -0.3 is 20.1 Å². The first-order valence-electron chi connectivity index (χ1n) is 11.5. The second-order valence-electron chi connectivity index (χ2n) is 8.59. The summed E-state index contributed by atoms with van der Waals surface area (Å²) in [5.41, 5.74) is 4.06. The molecule has 1 aliphatic rings. The Balaban J connectivity index is 1.44. The van der Waals surface area contributed by atoms with Gasteiger partial charge in [-0.25, -0.2) is 15.0 Å². The van der Waals surface area contributed by atoms with Gasteiger partial charge in [0.2, 0.25) is 0 Å². The van der Waals surface area contributed by atoms with Gasteiger partial charge in [0.05, 0.1) is 37.7 Å². The van der Waals surface area contributed by atoms with E-state index in [4.69, 9.17) is 24.7 Å².